The lowest BCUT2D eigenvalue weighted by Gasteiger charge is -2.31. The Hall–Kier alpha value is -2.58. The van der Waals surface area contributed by atoms with Crippen LogP contribution in [0.1, 0.15) is 35.6 Å². The van der Waals surface area contributed by atoms with Gasteiger partial charge < -0.3 is 5.32 Å². The van der Waals surface area contributed by atoms with Crippen molar-refractivity contribution in [3.05, 3.63) is 68.7 Å². The molecule has 2 aromatic carbocycles. The Balaban J connectivity index is 1.84. The summed E-state index contributed by atoms with van der Waals surface area (Å²) in [6, 6.07) is 8.73. The van der Waals surface area contributed by atoms with Crippen LogP contribution < -0.4 is 10.7 Å². The molecule has 1 heterocycles. The molecule has 2 amide bonds. The van der Waals surface area contributed by atoms with Crippen LogP contribution >= 0.6 is 23.2 Å². The van der Waals surface area contributed by atoms with Crippen molar-refractivity contribution in [2.45, 2.75) is 31.9 Å². The molecule has 0 saturated heterocycles. The molecular formula is C22H21Cl2F3N4O. The topological polar surface area (TPSA) is 65.8 Å². The highest BCUT2D eigenvalue weighted by atomic mass is 35.5. The second-order valence-corrected chi connectivity index (χ2v) is 8.35. The minimum absolute atomic E-state index is 0.00171. The molecule has 10 heteroatoms. The van der Waals surface area contributed by atoms with E-state index in [1.54, 1.807) is 32.0 Å². The lowest BCUT2D eigenvalue weighted by molar-refractivity contribution is -0.183. The SMILES string of the molecule is CCNC(=O)NN=Cc1ccc(C2=NCC(c3cc(Cl)cc(Cl)c3)(C(F)(F)F)C2)cc1C. The zero-order valence-corrected chi connectivity index (χ0v) is 18.9. The minimum atomic E-state index is -4.54. The van der Waals surface area contributed by atoms with Crippen LogP contribution in [0, 0.1) is 6.92 Å². The van der Waals surface area contributed by atoms with Crippen LogP contribution in [0.15, 0.2) is 46.5 Å². The lowest BCUT2D eigenvalue weighted by atomic mass is 9.76. The number of rotatable bonds is 5. The van der Waals surface area contributed by atoms with Gasteiger partial charge in [-0.05, 0) is 60.4 Å². The van der Waals surface area contributed by atoms with Gasteiger partial charge >= 0.3 is 12.2 Å². The van der Waals surface area contributed by atoms with Gasteiger partial charge in [-0.3, -0.25) is 4.99 Å². The van der Waals surface area contributed by atoms with Crippen molar-refractivity contribution in [3.8, 4) is 0 Å². The van der Waals surface area contributed by atoms with E-state index in [9.17, 15) is 18.0 Å². The van der Waals surface area contributed by atoms with E-state index in [0.29, 0.717) is 23.4 Å². The number of aryl methyl sites for hydroxylation is 1. The second kappa shape index (κ2) is 9.50. The van der Waals surface area contributed by atoms with Gasteiger partial charge in [0.25, 0.3) is 0 Å². The van der Waals surface area contributed by atoms with Crippen LogP contribution in [0.4, 0.5) is 18.0 Å². The van der Waals surface area contributed by atoms with Crippen LogP contribution in [0.25, 0.3) is 0 Å². The van der Waals surface area contributed by atoms with E-state index in [4.69, 9.17) is 23.2 Å². The van der Waals surface area contributed by atoms with Crippen molar-refractivity contribution in [2.75, 3.05) is 13.1 Å². The molecule has 1 aliphatic rings. The number of nitrogens with zero attached hydrogens (tertiary/aromatic N) is 2. The number of aliphatic imine (C=N–C) groups is 1. The third kappa shape index (κ3) is 5.07. The summed E-state index contributed by atoms with van der Waals surface area (Å²) in [6.07, 6.45) is -3.39. The summed E-state index contributed by atoms with van der Waals surface area (Å²) in [5.41, 5.74) is 2.58. The Labute approximate surface area is 193 Å². The number of nitrogens with one attached hydrogen (secondary N) is 2. The van der Waals surface area contributed by atoms with Crippen molar-refractivity contribution in [1.29, 1.82) is 0 Å². The largest absolute Gasteiger partial charge is 0.400 e. The average Bonchev–Trinajstić information content (AvgIpc) is 3.15. The van der Waals surface area contributed by atoms with Crippen molar-refractivity contribution >= 4 is 41.2 Å². The number of alkyl halides is 3. The number of carbonyl (C=O) groups excluding carboxylic acids is 1. The van der Waals surface area contributed by atoms with Crippen molar-refractivity contribution in [1.82, 2.24) is 10.7 Å². The van der Waals surface area contributed by atoms with Crippen LogP contribution in [0.2, 0.25) is 10.0 Å². The minimum Gasteiger partial charge on any atom is -0.337 e. The zero-order valence-electron chi connectivity index (χ0n) is 17.4. The second-order valence-electron chi connectivity index (χ2n) is 7.48. The van der Waals surface area contributed by atoms with E-state index in [-0.39, 0.29) is 22.0 Å². The van der Waals surface area contributed by atoms with Crippen molar-refractivity contribution < 1.29 is 18.0 Å². The number of halogens is 5. The maximum Gasteiger partial charge on any atom is 0.400 e. The van der Waals surface area contributed by atoms with Crippen LogP contribution in [0.5, 0.6) is 0 Å². The molecule has 5 nitrogen and oxygen atoms in total. The first-order chi connectivity index (χ1) is 15.1. The first kappa shape index (κ1) is 24.1. The molecule has 0 spiro atoms. The maximum atomic E-state index is 14.2. The molecule has 1 aliphatic heterocycles. The monoisotopic (exact) mass is 484 g/mol. The predicted molar refractivity (Wildman–Crippen MR) is 121 cm³/mol. The number of hydrogen-bond donors (Lipinski definition) is 2. The zero-order chi connectivity index (χ0) is 23.5. The predicted octanol–water partition coefficient (Wildman–Crippen LogP) is 5.65. The van der Waals surface area contributed by atoms with Gasteiger partial charge in [-0.25, -0.2) is 10.2 Å². The molecule has 0 saturated carbocycles. The van der Waals surface area contributed by atoms with Crippen molar-refractivity contribution in [3.63, 3.8) is 0 Å². The summed E-state index contributed by atoms with van der Waals surface area (Å²) in [5.74, 6) is 0. The highest BCUT2D eigenvalue weighted by Crippen LogP contribution is 2.48. The molecule has 32 heavy (non-hydrogen) atoms. The summed E-state index contributed by atoms with van der Waals surface area (Å²) in [4.78, 5) is 15.6. The molecule has 3 rings (SSSR count). The van der Waals surface area contributed by atoms with E-state index in [1.165, 1.54) is 24.4 Å². The number of hydrazone groups is 1. The first-order valence-corrected chi connectivity index (χ1v) is 10.6. The quantitative estimate of drug-likeness (QED) is 0.418. The number of amides is 2. The van der Waals surface area contributed by atoms with Gasteiger partial charge in [0.2, 0.25) is 0 Å². The Morgan fingerprint density at radius 2 is 1.91 bits per heavy atom. The van der Waals surface area contributed by atoms with E-state index in [0.717, 1.165) is 5.56 Å². The van der Waals surface area contributed by atoms with Gasteiger partial charge in [0.15, 0.2) is 0 Å². The molecular weight excluding hydrogens is 464 g/mol. The Morgan fingerprint density at radius 1 is 1.22 bits per heavy atom. The van der Waals surface area contributed by atoms with Gasteiger partial charge in [0.05, 0.1) is 12.8 Å². The van der Waals surface area contributed by atoms with E-state index < -0.39 is 24.2 Å². The summed E-state index contributed by atoms with van der Waals surface area (Å²) in [7, 11) is 0. The van der Waals surface area contributed by atoms with Gasteiger partial charge in [-0.1, -0.05) is 35.3 Å². The highest BCUT2D eigenvalue weighted by molar-refractivity contribution is 6.34. The molecule has 2 aromatic rings. The molecule has 0 radical (unpaired) electrons. The molecule has 0 bridgehead atoms. The summed E-state index contributed by atoms with van der Waals surface area (Å²) in [6.45, 7) is 3.62. The van der Waals surface area contributed by atoms with Gasteiger partial charge in [0.1, 0.15) is 5.41 Å². The fraction of sp³-hybridized carbons (Fsp3) is 0.318. The number of urea groups is 1. The average molecular weight is 485 g/mol. The lowest BCUT2D eigenvalue weighted by Crippen LogP contribution is -2.43. The van der Waals surface area contributed by atoms with E-state index >= 15 is 0 Å². The Bertz CT molecular complexity index is 1070. The highest BCUT2D eigenvalue weighted by Gasteiger charge is 2.58. The molecule has 2 N–H and O–H groups in total. The van der Waals surface area contributed by atoms with E-state index in [1.807, 2.05) is 0 Å². The molecule has 1 atom stereocenters. The first-order valence-electron chi connectivity index (χ1n) is 9.80. The summed E-state index contributed by atoms with van der Waals surface area (Å²) in [5, 5.41) is 6.70. The molecule has 1 unspecified atom stereocenters. The number of carbonyl (C=O) groups is 1. The third-order valence-corrected chi connectivity index (χ3v) is 5.71. The third-order valence-electron chi connectivity index (χ3n) is 5.28. The fourth-order valence-corrected chi connectivity index (χ4v) is 4.09. The van der Waals surface area contributed by atoms with Gasteiger partial charge in [-0.2, -0.15) is 18.3 Å². The van der Waals surface area contributed by atoms with Gasteiger partial charge in [0, 0.05) is 28.7 Å². The standard InChI is InChI=1S/C22H21Cl2F3N4O/c1-3-28-20(32)31-30-11-15-5-4-14(6-13(15)2)19-10-21(12-29-19,22(25,26)27)16-7-17(23)9-18(24)8-16/h4-9,11H,3,10,12H2,1-2H3,(H2,28,31,32). The molecule has 170 valence electrons. The molecule has 0 fully saturated rings. The van der Waals surface area contributed by atoms with Crippen LogP contribution in [0.3, 0.4) is 0 Å². The molecule has 0 aromatic heterocycles. The summed E-state index contributed by atoms with van der Waals surface area (Å²) < 4.78 is 42.7. The fourth-order valence-electron chi connectivity index (χ4n) is 3.56. The smallest absolute Gasteiger partial charge is 0.337 e. The Morgan fingerprint density at radius 3 is 2.50 bits per heavy atom. The number of benzene rings is 2. The summed E-state index contributed by atoms with van der Waals surface area (Å²) >= 11 is 12.0. The normalized spacial score (nSPS) is 18.7. The molecule has 0 aliphatic carbocycles. The van der Waals surface area contributed by atoms with Gasteiger partial charge in [-0.15, -0.1) is 0 Å². The van der Waals surface area contributed by atoms with Crippen LogP contribution in [-0.2, 0) is 5.41 Å². The number of hydrogen-bond acceptors (Lipinski definition) is 3. The Kier molecular flexibility index (Phi) is 7.15. The van der Waals surface area contributed by atoms with Crippen molar-refractivity contribution in [2.24, 2.45) is 10.1 Å². The van der Waals surface area contributed by atoms with E-state index in [2.05, 4.69) is 20.8 Å². The maximum absolute atomic E-state index is 14.2. The van der Waals surface area contributed by atoms with Crippen LogP contribution in [-0.4, -0.2) is 37.2 Å².